The lowest BCUT2D eigenvalue weighted by Gasteiger charge is -2.02. The van der Waals surface area contributed by atoms with Crippen LogP contribution in [0.15, 0.2) is 28.0 Å². The van der Waals surface area contributed by atoms with Crippen LogP contribution >= 0.6 is 0 Å². The van der Waals surface area contributed by atoms with E-state index in [-0.39, 0.29) is 11.6 Å². The number of hydrogen-bond acceptors (Lipinski definition) is 6. The first kappa shape index (κ1) is 15.7. The van der Waals surface area contributed by atoms with E-state index in [0.29, 0.717) is 18.1 Å². The fraction of sp³-hybridized carbons (Fsp3) is 0.500. The minimum absolute atomic E-state index is 0.0211. The Balaban J connectivity index is 1.95. The third-order valence-electron chi connectivity index (χ3n) is 2.70. The fourth-order valence-electron chi connectivity index (χ4n) is 1.68. The number of furan rings is 1. The summed E-state index contributed by atoms with van der Waals surface area (Å²) in [4.78, 5) is 3.95. The largest absolute Gasteiger partial charge is 0.447 e. The molecule has 2 rings (SSSR count). The Morgan fingerprint density at radius 2 is 2.14 bits per heavy atom. The lowest BCUT2D eigenvalue weighted by atomic mass is 10.4. The van der Waals surface area contributed by atoms with Gasteiger partial charge in [-0.15, -0.1) is 0 Å². The first-order valence-electron chi connectivity index (χ1n) is 6.65. The molecule has 2 aromatic rings. The number of nitrogens with one attached hydrogen (secondary N) is 2. The minimum Gasteiger partial charge on any atom is -0.447 e. The Labute approximate surface area is 123 Å². The maximum absolute atomic E-state index is 12.1. The van der Waals surface area contributed by atoms with Crippen molar-refractivity contribution in [2.75, 3.05) is 6.54 Å². The zero-order chi connectivity index (χ0) is 15.3. The summed E-state index contributed by atoms with van der Waals surface area (Å²) in [6.45, 7) is 3.44. The third kappa shape index (κ3) is 4.38. The van der Waals surface area contributed by atoms with E-state index < -0.39 is 10.0 Å². The van der Waals surface area contributed by atoms with Crippen molar-refractivity contribution in [2.24, 2.45) is 7.05 Å². The Hall–Kier alpha value is -1.71. The molecule has 21 heavy (non-hydrogen) atoms. The van der Waals surface area contributed by atoms with E-state index >= 15 is 0 Å². The van der Waals surface area contributed by atoms with Crippen molar-refractivity contribution in [3.63, 3.8) is 0 Å². The van der Waals surface area contributed by atoms with E-state index in [1.54, 1.807) is 13.1 Å². The standard InChI is InChI=1S/C12H19N5O3S/c1-3-6-13-7-10-4-5-12(20-10)21(18,19)15-8-11-14-9-17(2)16-11/h4-5,9,13,15H,3,6-8H2,1-2H3. The van der Waals surface area contributed by atoms with Gasteiger partial charge < -0.3 is 9.73 Å². The van der Waals surface area contributed by atoms with E-state index in [9.17, 15) is 8.42 Å². The van der Waals surface area contributed by atoms with Gasteiger partial charge in [0.25, 0.3) is 10.0 Å². The van der Waals surface area contributed by atoms with Crippen molar-refractivity contribution >= 4 is 10.0 Å². The molecule has 0 aliphatic heterocycles. The van der Waals surface area contributed by atoms with Crippen LogP contribution in [0.2, 0.25) is 0 Å². The molecule has 0 saturated carbocycles. The molecule has 0 unspecified atom stereocenters. The summed E-state index contributed by atoms with van der Waals surface area (Å²) in [6, 6.07) is 3.09. The zero-order valence-corrected chi connectivity index (χ0v) is 12.9. The quantitative estimate of drug-likeness (QED) is 0.683. The molecule has 0 aliphatic carbocycles. The predicted molar refractivity (Wildman–Crippen MR) is 75.7 cm³/mol. The molecule has 9 heteroatoms. The molecule has 0 bridgehead atoms. The van der Waals surface area contributed by atoms with Gasteiger partial charge in [0, 0.05) is 7.05 Å². The fourth-order valence-corrected chi connectivity index (χ4v) is 2.61. The maximum atomic E-state index is 12.1. The van der Waals surface area contributed by atoms with Gasteiger partial charge in [-0.1, -0.05) is 6.92 Å². The number of rotatable bonds is 8. The van der Waals surface area contributed by atoms with Gasteiger partial charge in [-0.05, 0) is 25.1 Å². The van der Waals surface area contributed by atoms with Gasteiger partial charge in [-0.25, -0.2) is 18.1 Å². The van der Waals surface area contributed by atoms with Crippen LogP contribution in [0.1, 0.15) is 24.9 Å². The van der Waals surface area contributed by atoms with Crippen molar-refractivity contribution in [1.29, 1.82) is 0 Å². The summed E-state index contributed by atoms with van der Waals surface area (Å²) < 4.78 is 33.4. The van der Waals surface area contributed by atoms with Crippen LogP contribution in [-0.4, -0.2) is 29.7 Å². The maximum Gasteiger partial charge on any atom is 0.274 e. The summed E-state index contributed by atoms with van der Waals surface area (Å²) in [7, 11) is -1.98. The predicted octanol–water partition coefficient (Wildman–Crippen LogP) is 0.386. The molecular formula is C12H19N5O3S. The van der Waals surface area contributed by atoms with E-state index in [2.05, 4.69) is 27.0 Å². The molecule has 116 valence electrons. The molecular weight excluding hydrogens is 294 g/mol. The van der Waals surface area contributed by atoms with E-state index in [1.165, 1.54) is 17.1 Å². The molecule has 0 radical (unpaired) electrons. The van der Waals surface area contributed by atoms with Crippen molar-refractivity contribution < 1.29 is 12.8 Å². The molecule has 0 aromatic carbocycles. The second-order valence-corrected chi connectivity index (χ2v) is 6.25. The highest BCUT2D eigenvalue weighted by Crippen LogP contribution is 2.13. The summed E-state index contributed by atoms with van der Waals surface area (Å²) in [5.74, 6) is 0.984. The lowest BCUT2D eigenvalue weighted by Crippen LogP contribution is -2.23. The van der Waals surface area contributed by atoms with Crippen molar-refractivity contribution in [1.82, 2.24) is 24.8 Å². The summed E-state index contributed by atoms with van der Waals surface area (Å²) in [5.41, 5.74) is 0. The van der Waals surface area contributed by atoms with Crippen LogP contribution in [0, 0.1) is 0 Å². The molecule has 8 nitrogen and oxygen atoms in total. The Kier molecular flexibility index (Phi) is 5.10. The minimum atomic E-state index is -3.69. The molecule has 0 aliphatic rings. The summed E-state index contributed by atoms with van der Waals surface area (Å²) in [5, 5.41) is 7.04. The van der Waals surface area contributed by atoms with Crippen molar-refractivity contribution in [3.8, 4) is 0 Å². The van der Waals surface area contributed by atoms with Crippen LogP contribution < -0.4 is 10.0 Å². The van der Waals surface area contributed by atoms with E-state index in [0.717, 1.165) is 13.0 Å². The highest BCUT2D eigenvalue weighted by Gasteiger charge is 2.19. The number of aryl methyl sites for hydroxylation is 1. The first-order chi connectivity index (χ1) is 10.0. The number of aromatic nitrogens is 3. The molecule has 0 saturated heterocycles. The Morgan fingerprint density at radius 3 is 2.81 bits per heavy atom. The highest BCUT2D eigenvalue weighted by molar-refractivity contribution is 7.89. The molecule has 0 atom stereocenters. The average Bonchev–Trinajstić information content (AvgIpc) is 3.06. The van der Waals surface area contributed by atoms with Gasteiger partial charge >= 0.3 is 0 Å². The average molecular weight is 313 g/mol. The number of hydrogen-bond donors (Lipinski definition) is 2. The van der Waals surface area contributed by atoms with Crippen LogP contribution in [0.4, 0.5) is 0 Å². The smallest absolute Gasteiger partial charge is 0.274 e. The topological polar surface area (TPSA) is 102 Å². The van der Waals surface area contributed by atoms with Crippen molar-refractivity contribution in [2.45, 2.75) is 31.5 Å². The Bertz CT molecular complexity index is 677. The molecule has 0 fully saturated rings. The molecule has 2 N–H and O–H groups in total. The Morgan fingerprint density at radius 1 is 1.33 bits per heavy atom. The van der Waals surface area contributed by atoms with Crippen LogP contribution in [0.5, 0.6) is 0 Å². The lowest BCUT2D eigenvalue weighted by molar-refractivity contribution is 0.399. The molecule has 2 heterocycles. The van der Waals surface area contributed by atoms with Gasteiger partial charge in [0.2, 0.25) is 5.09 Å². The van der Waals surface area contributed by atoms with Gasteiger partial charge in [0.1, 0.15) is 12.1 Å². The van der Waals surface area contributed by atoms with Gasteiger partial charge in [-0.2, -0.15) is 5.10 Å². The second kappa shape index (κ2) is 6.83. The zero-order valence-electron chi connectivity index (χ0n) is 12.0. The number of nitrogens with zero attached hydrogens (tertiary/aromatic N) is 3. The van der Waals surface area contributed by atoms with Gasteiger partial charge in [0.15, 0.2) is 5.82 Å². The van der Waals surface area contributed by atoms with Crippen molar-refractivity contribution in [3.05, 3.63) is 30.0 Å². The monoisotopic (exact) mass is 313 g/mol. The second-order valence-electron chi connectivity index (χ2n) is 4.56. The van der Waals surface area contributed by atoms with Crippen LogP contribution in [0.3, 0.4) is 0 Å². The van der Waals surface area contributed by atoms with Gasteiger partial charge in [0.05, 0.1) is 13.1 Å². The molecule has 0 amide bonds. The summed E-state index contributed by atoms with van der Waals surface area (Å²) >= 11 is 0. The summed E-state index contributed by atoms with van der Waals surface area (Å²) in [6.07, 6.45) is 2.51. The SMILES string of the molecule is CCCNCc1ccc(S(=O)(=O)NCc2ncn(C)n2)o1. The highest BCUT2D eigenvalue weighted by atomic mass is 32.2. The van der Waals surface area contributed by atoms with E-state index in [1.807, 2.05) is 0 Å². The number of sulfonamides is 1. The van der Waals surface area contributed by atoms with Crippen LogP contribution in [-0.2, 0) is 30.2 Å². The molecule has 0 spiro atoms. The van der Waals surface area contributed by atoms with E-state index in [4.69, 9.17) is 4.42 Å². The van der Waals surface area contributed by atoms with Gasteiger partial charge in [-0.3, -0.25) is 4.68 Å². The molecule has 2 aromatic heterocycles. The normalized spacial score (nSPS) is 11.9. The third-order valence-corrected chi connectivity index (χ3v) is 3.97. The first-order valence-corrected chi connectivity index (χ1v) is 8.13. The van der Waals surface area contributed by atoms with Crippen LogP contribution in [0.25, 0.3) is 0 Å².